The van der Waals surface area contributed by atoms with Crippen molar-refractivity contribution in [3.8, 4) is 0 Å². The van der Waals surface area contributed by atoms with Gasteiger partial charge in [0, 0.05) is 23.7 Å². The van der Waals surface area contributed by atoms with Crippen LogP contribution in [-0.2, 0) is 23.8 Å². The number of carbonyl (C=O) groups excluding carboxylic acids is 3. The first-order valence-electron chi connectivity index (χ1n) is 15.4. The minimum Gasteiger partial charge on any atom is -0.455 e. The molecule has 1 N–H and O–H groups in total. The largest absolute Gasteiger partial charge is 0.455 e. The van der Waals surface area contributed by atoms with Crippen LogP contribution in [0.3, 0.4) is 0 Å². The van der Waals surface area contributed by atoms with Gasteiger partial charge in [-0.3, -0.25) is 9.59 Å². The quantitative estimate of drug-likeness (QED) is 0.259. The van der Waals surface area contributed by atoms with Gasteiger partial charge >= 0.3 is 11.9 Å². The van der Waals surface area contributed by atoms with Crippen LogP contribution in [0, 0.1) is 28.6 Å². The Morgan fingerprint density at radius 3 is 2.21 bits per heavy atom. The number of Topliss-reactive ketones (excluding diaryl/α,β-unsaturated/α-hetero) is 1. The van der Waals surface area contributed by atoms with Crippen LogP contribution in [0.15, 0.2) is 41.5 Å². The maximum Gasteiger partial charge on any atom is 0.338 e. The molecule has 1 heterocycles. The van der Waals surface area contributed by atoms with Crippen LogP contribution in [0.1, 0.15) is 71.7 Å². The fraction of sp³-hybridized carbons (Fsp3) is 0.676. The lowest BCUT2D eigenvalue weighted by Gasteiger charge is -2.68. The summed E-state index contributed by atoms with van der Waals surface area (Å²) in [6, 6.07) is 8.75. The Bertz CT molecular complexity index is 1330. The Kier molecular flexibility index (Phi) is 7.31. The number of ether oxygens (including phenoxy) is 3. The number of fused-ring (bicyclic) bond motifs is 5. The molecule has 4 aliphatic rings. The maximum absolute atomic E-state index is 15.0. The van der Waals surface area contributed by atoms with Crippen LogP contribution >= 0.6 is 0 Å². The van der Waals surface area contributed by atoms with Gasteiger partial charge in [-0.1, -0.05) is 83.6 Å². The van der Waals surface area contributed by atoms with Crippen LogP contribution in [-0.4, -0.2) is 60.9 Å². The number of allylic oxidation sites excluding steroid dienone is 1. The highest BCUT2D eigenvalue weighted by molar-refractivity contribution is 6.78. The molecule has 2 bridgehead atoms. The molecule has 1 aromatic rings. The zero-order chi connectivity index (χ0) is 31.2. The van der Waals surface area contributed by atoms with E-state index in [1.807, 2.05) is 40.7 Å². The number of benzene rings is 1. The fourth-order valence-electron chi connectivity index (χ4n) is 9.44. The van der Waals surface area contributed by atoms with Crippen molar-refractivity contribution < 1.29 is 33.7 Å². The van der Waals surface area contributed by atoms with Crippen molar-refractivity contribution in [2.45, 2.75) is 110 Å². The van der Waals surface area contributed by atoms with Crippen molar-refractivity contribution in [2.24, 2.45) is 28.6 Å². The molecular weight excluding hydrogens is 548 g/mol. The van der Waals surface area contributed by atoms with Crippen LogP contribution in [0.25, 0.3) is 0 Å². The van der Waals surface area contributed by atoms with Crippen molar-refractivity contribution in [3.63, 3.8) is 0 Å². The lowest BCUT2D eigenvalue weighted by atomic mass is 9.42. The van der Waals surface area contributed by atoms with Gasteiger partial charge in [0.15, 0.2) is 5.60 Å². The second kappa shape index (κ2) is 9.86. The van der Waals surface area contributed by atoms with Gasteiger partial charge in [0.25, 0.3) is 0 Å². The molecule has 230 valence electrons. The van der Waals surface area contributed by atoms with E-state index in [0.29, 0.717) is 18.4 Å². The molecule has 0 aromatic heterocycles. The average molecular weight is 597 g/mol. The summed E-state index contributed by atoms with van der Waals surface area (Å²) in [6.45, 7) is 20.3. The molecule has 3 fully saturated rings. The van der Waals surface area contributed by atoms with Gasteiger partial charge in [0.1, 0.15) is 23.6 Å². The maximum atomic E-state index is 15.0. The number of esters is 2. The topological polar surface area (TPSA) is 99.1 Å². The molecule has 7 nitrogen and oxygen atoms in total. The lowest BCUT2D eigenvalue weighted by molar-refractivity contribution is -0.338. The van der Waals surface area contributed by atoms with Crippen LogP contribution in [0.5, 0.6) is 0 Å². The minimum atomic E-state index is -1.94. The number of hydrogen-bond acceptors (Lipinski definition) is 7. The highest BCUT2D eigenvalue weighted by Gasteiger charge is 2.77. The fourth-order valence-corrected chi connectivity index (χ4v) is 11.8. The van der Waals surface area contributed by atoms with Crippen LogP contribution in [0.4, 0.5) is 0 Å². The predicted octanol–water partition coefficient (Wildman–Crippen LogP) is 5.98. The number of carbonyl (C=O) groups is 3. The molecule has 1 aromatic carbocycles. The third kappa shape index (κ3) is 4.15. The average Bonchev–Trinajstić information content (AvgIpc) is 2.89. The molecule has 8 heteroatoms. The summed E-state index contributed by atoms with van der Waals surface area (Å²) in [5, 5.41) is 13.4. The van der Waals surface area contributed by atoms with E-state index in [1.165, 1.54) is 12.5 Å². The van der Waals surface area contributed by atoms with Gasteiger partial charge in [-0.25, -0.2) is 4.79 Å². The molecule has 0 amide bonds. The van der Waals surface area contributed by atoms with E-state index in [1.54, 1.807) is 24.3 Å². The number of rotatable bonds is 4. The summed E-state index contributed by atoms with van der Waals surface area (Å²) in [4.78, 5) is 41.7. The molecule has 0 spiro atoms. The molecule has 42 heavy (non-hydrogen) atoms. The van der Waals surface area contributed by atoms with Gasteiger partial charge < -0.3 is 19.3 Å². The van der Waals surface area contributed by atoms with E-state index >= 15 is 4.79 Å². The molecule has 9 atom stereocenters. The van der Waals surface area contributed by atoms with Gasteiger partial charge in [-0.15, -0.1) is 0 Å². The zero-order valence-corrected chi connectivity index (χ0v) is 27.9. The molecule has 1 saturated heterocycles. The molecular formula is C34H48O7Si. The van der Waals surface area contributed by atoms with E-state index in [4.69, 9.17) is 14.2 Å². The molecule has 2 saturated carbocycles. The van der Waals surface area contributed by atoms with Gasteiger partial charge in [0.05, 0.1) is 26.2 Å². The van der Waals surface area contributed by atoms with E-state index in [2.05, 4.69) is 26.6 Å². The number of hydrogen-bond donors (Lipinski definition) is 1. The smallest absolute Gasteiger partial charge is 0.338 e. The standard InChI is InChI=1S/C34H48O7Si/c1-19-16-25-33(18-39-25,41-22(4)35)27-29(40-30(37)23-14-12-11-13-15-23)34(38)17-24(42(8,9)10)20(2)26(31(34,5)6)21(3)28(36)32(19,27)7/h11-15,19,21,24-25,27,29,38H,16-18H2,1-10H3/t19-,21+,24?,25?,27?,29?,32+,33?,34?/m0/s1. The normalized spacial score (nSPS) is 41.0. The zero-order valence-electron chi connectivity index (χ0n) is 26.9. The van der Waals surface area contributed by atoms with E-state index < -0.39 is 66.1 Å². The highest BCUT2D eigenvalue weighted by Crippen LogP contribution is 2.67. The summed E-state index contributed by atoms with van der Waals surface area (Å²) in [5.41, 5.74) is -2.19. The second-order valence-corrected chi connectivity index (χ2v) is 20.7. The summed E-state index contributed by atoms with van der Waals surface area (Å²) in [6.07, 6.45) is -0.691. The molecule has 1 aliphatic heterocycles. The van der Waals surface area contributed by atoms with Crippen molar-refractivity contribution in [2.75, 3.05) is 6.61 Å². The molecule has 5 rings (SSSR count). The van der Waals surface area contributed by atoms with Crippen LogP contribution < -0.4 is 0 Å². The number of ketones is 1. The Balaban J connectivity index is 1.85. The second-order valence-electron chi connectivity index (χ2n) is 15.3. The van der Waals surface area contributed by atoms with Crippen molar-refractivity contribution in [3.05, 3.63) is 47.0 Å². The lowest BCUT2D eigenvalue weighted by Crippen LogP contribution is -2.80. The van der Waals surface area contributed by atoms with Gasteiger partial charge in [-0.2, -0.15) is 0 Å². The first-order valence-corrected chi connectivity index (χ1v) is 19.0. The van der Waals surface area contributed by atoms with Gasteiger partial charge in [0.2, 0.25) is 0 Å². The van der Waals surface area contributed by atoms with Crippen molar-refractivity contribution in [1.29, 1.82) is 0 Å². The van der Waals surface area contributed by atoms with Crippen LogP contribution in [0.2, 0.25) is 25.2 Å². The first-order chi connectivity index (χ1) is 19.3. The first kappa shape index (κ1) is 31.1. The van der Waals surface area contributed by atoms with E-state index in [9.17, 15) is 14.7 Å². The molecule has 0 radical (unpaired) electrons. The summed E-state index contributed by atoms with van der Waals surface area (Å²) in [5.74, 6) is -2.48. The summed E-state index contributed by atoms with van der Waals surface area (Å²) in [7, 11) is -1.94. The molecule has 6 unspecified atom stereocenters. The summed E-state index contributed by atoms with van der Waals surface area (Å²) < 4.78 is 18.8. The Hall–Kier alpha value is -2.29. The minimum absolute atomic E-state index is 0.0401. The molecule has 3 aliphatic carbocycles. The van der Waals surface area contributed by atoms with E-state index in [0.717, 1.165) is 5.57 Å². The van der Waals surface area contributed by atoms with Gasteiger partial charge in [-0.05, 0) is 43.4 Å². The third-order valence-corrected chi connectivity index (χ3v) is 14.5. The van der Waals surface area contributed by atoms with E-state index in [-0.39, 0.29) is 23.8 Å². The highest BCUT2D eigenvalue weighted by atomic mass is 28.3. The SMILES string of the molecule is CC(=O)OC12COC1C[C@H](C)[C@@]1(C)C(=O)[C@H](C)C3=C(C)C([Si](C)(C)C)CC(O)(C(OC(=O)c4ccccc4)C21)C3(C)C. The Morgan fingerprint density at radius 1 is 1.07 bits per heavy atom. The number of aliphatic hydroxyl groups is 1. The Labute approximate surface area is 251 Å². The monoisotopic (exact) mass is 596 g/mol. The summed E-state index contributed by atoms with van der Waals surface area (Å²) >= 11 is 0. The predicted molar refractivity (Wildman–Crippen MR) is 163 cm³/mol. The Morgan fingerprint density at radius 2 is 1.69 bits per heavy atom. The van der Waals surface area contributed by atoms with Crippen molar-refractivity contribution >= 4 is 25.8 Å². The third-order valence-electron chi connectivity index (χ3n) is 11.8. The van der Waals surface area contributed by atoms with Crippen molar-refractivity contribution in [1.82, 2.24) is 0 Å².